The quantitative estimate of drug-likeness (QED) is 0.867. The van der Waals surface area contributed by atoms with Crippen molar-refractivity contribution in [3.05, 3.63) is 17.8 Å². The Bertz CT molecular complexity index is 333. The number of anilines is 1. The minimum Gasteiger partial charge on any atom is -0.390 e. The normalized spacial score (nSPS) is 17.1. The third-order valence-electron chi connectivity index (χ3n) is 3.52. The summed E-state index contributed by atoms with van der Waals surface area (Å²) in [5.41, 5.74) is 0.625. The van der Waals surface area contributed by atoms with Gasteiger partial charge in [-0.1, -0.05) is 19.3 Å². The summed E-state index contributed by atoms with van der Waals surface area (Å²) in [5, 5.41) is 17.0. The van der Waals surface area contributed by atoms with Gasteiger partial charge in [-0.05, 0) is 30.9 Å². The van der Waals surface area contributed by atoms with E-state index in [9.17, 15) is 0 Å². The minimum atomic E-state index is -0.0420. The molecular formula is C13H21N3O. The van der Waals surface area contributed by atoms with Crippen LogP contribution in [0.3, 0.4) is 0 Å². The van der Waals surface area contributed by atoms with Crippen LogP contribution in [0.4, 0.5) is 5.82 Å². The van der Waals surface area contributed by atoms with Crippen LogP contribution in [-0.4, -0.2) is 28.9 Å². The van der Waals surface area contributed by atoms with Gasteiger partial charge in [-0.15, -0.1) is 5.10 Å². The first kappa shape index (κ1) is 12.3. The molecule has 0 bridgehead atoms. The fourth-order valence-electron chi connectivity index (χ4n) is 2.49. The number of hydrogen-bond acceptors (Lipinski definition) is 4. The van der Waals surface area contributed by atoms with Gasteiger partial charge < -0.3 is 10.0 Å². The van der Waals surface area contributed by atoms with Crippen molar-refractivity contribution in [3.8, 4) is 0 Å². The second-order valence-corrected chi connectivity index (χ2v) is 4.93. The average Bonchev–Trinajstić information content (AvgIpc) is 2.40. The smallest absolute Gasteiger partial charge is 0.150 e. The van der Waals surface area contributed by atoms with Gasteiger partial charge in [0.25, 0.3) is 0 Å². The van der Waals surface area contributed by atoms with Crippen molar-refractivity contribution in [2.75, 3.05) is 18.5 Å². The summed E-state index contributed by atoms with van der Waals surface area (Å²) >= 11 is 0. The molecule has 0 aromatic carbocycles. The summed E-state index contributed by atoms with van der Waals surface area (Å²) in [6.07, 6.45) is 6.81. The Morgan fingerprint density at radius 1 is 1.24 bits per heavy atom. The average molecular weight is 235 g/mol. The maximum atomic E-state index is 8.91. The minimum absolute atomic E-state index is 0.0420. The van der Waals surface area contributed by atoms with Gasteiger partial charge in [-0.3, -0.25) is 0 Å². The van der Waals surface area contributed by atoms with Crippen LogP contribution in [0, 0.1) is 5.92 Å². The molecule has 4 nitrogen and oxygen atoms in total. The van der Waals surface area contributed by atoms with E-state index in [-0.39, 0.29) is 6.61 Å². The maximum absolute atomic E-state index is 8.91. The molecule has 0 atom stereocenters. The van der Waals surface area contributed by atoms with E-state index in [0.29, 0.717) is 5.69 Å². The first-order valence-corrected chi connectivity index (χ1v) is 6.44. The summed E-state index contributed by atoms with van der Waals surface area (Å²) in [6, 6.07) is 3.76. The lowest BCUT2D eigenvalue weighted by Gasteiger charge is -2.27. The van der Waals surface area contributed by atoms with E-state index in [2.05, 4.69) is 22.1 Å². The van der Waals surface area contributed by atoms with Crippen molar-refractivity contribution in [1.82, 2.24) is 10.2 Å². The molecule has 2 rings (SSSR count). The highest BCUT2D eigenvalue weighted by Crippen LogP contribution is 2.25. The van der Waals surface area contributed by atoms with Crippen molar-refractivity contribution < 1.29 is 5.11 Å². The van der Waals surface area contributed by atoms with E-state index >= 15 is 0 Å². The van der Waals surface area contributed by atoms with Crippen molar-refractivity contribution in [3.63, 3.8) is 0 Å². The Morgan fingerprint density at radius 3 is 2.59 bits per heavy atom. The largest absolute Gasteiger partial charge is 0.390 e. The zero-order valence-electron chi connectivity index (χ0n) is 10.5. The zero-order chi connectivity index (χ0) is 12.1. The fraction of sp³-hybridized carbons (Fsp3) is 0.692. The van der Waals surface area contributed by atoms with Crippen LogP contribution in [0.1, 0.15) is 37.8 Å². The number of aromatic nitrogens is 2. The number of aliphatic hydroxyl groups excluding tert-OH is 1. The molecule has 1 N–H and O–H groups in total. The summed E-state index contributed by atoms with van der Waals surface area (Å²) in [5.74, 6) is 1.70. The van der Waals surface area contributed by atoms with E-state index in [1.165, 1.54) is 32.1 Å². The van der Waals surface area contributed by atoms with Gasteiger partial charge in [0.1, 0.15) is 0 Å². The molecule has 1 aromatic heterocycles. The van der Waals surface area contributed by atoms with Crippen LogP contribution in [0.2, 0.25) is 0 Å². The molecule has 4 heteroatoms. The Morgan fingerprint density at radius 2 is 2.00 bits per heavy atom. The van der Waals surface area contributed by atoms with Crippen molar-refractivity contribution in [2.45, 2.75) is 38.7 Å². The molecule has 0 radical (unpaired) electrons. The van der Waals surface area contributed by atoms with E-state index in [4.69, 9.17) is 5.11 Å². The number of hydrogen-bond donors (Lipinski definition) is 1. The van der Waals surface area contributed by atoms with Gasteiger partial charge in [-0.25, -0.2) is 0 Å². The van der Waals surface area contributed by atoms with Crippen molar-refractivity contribution >= 4 is 5.82 Å². The van der Waals surface area contributed by atoms with Gasteiger partial charge >= 0.3 is 0 Å². The van der Waals surface area contributed by atoms with E-state index in [1.807, 2.05) is 12.1 Å². The lowest BCUT2D eigenvalue weighted by Crippen LogP contribution is -2.27. The SMILES string of the molecule is CN(CC1CCCCC1)c1ccc(CO)nn1. The fourth-order valence-corrected chi connectivity index (χ4v) is 2.49. The molecule has 0 saturated heterocycles. The second kappa shape index (κ2) is 5.96. The number of rotatable bonds is 4. The highest BCUT2D eigenvalue weighted by Gasteiger charge is 2.16. The maximum Gasteiger partial charge on any atom is 0.150 e. The Hall–Kier alpha value is -1.16. The van der Waals surface area contributed by atoms with Crippen molar-refractivity contribution in [2.24, 2.45) is 5.92 Å². The molecule has 1 aliphatic rings. The standard InChI is InChI=1S/C13H21N3O/c1-16(9-11-5-3-2-4-6-11)13-8-7-12(10-17)14-15-13/h7-8,11,17H,2-6,9-10H2,1H3. The highest BCUT2D eigenvalue weighted by atomic mass is 16.3. The molecule has 1 saturated carbocycles. The molecule has 1 aromatic rings. The summed E-state index contributed by atoms with van der Waals surface area (Å²) < 4.78 is 0. The lowest BCUT2D eigenvalue weighted by atomic mass is 9.89. The Balaban J connectivity index is 1.91. The van der Waals surface area contributed by atoms with Crippen LogP contribution >= 0.6 is 0 Å². The van der Waals surface area contributed by atoms with Gasteiger partial charge in [-0.2, -0.15) is 5.10 Å². The van der Waals surface area contributed by atoms with E-state index < -0.39 is 0 Å². The van der Waals surface area contributed by atoms with Crippen LogP contribution < -0.4 is 4.90 Å². The highest BCUT2D eigenvalue weighted by molar-refractivity contribution is 5.36. The Labute approximate surface area is 103 Å². The lowest BCUT2D eigenvalue weighted by molar-refractivity contribution is 0.275. The molecule has 0 amide bonds. The summed E-state index contributed by atoms with van der Waals surface area (Å²) in [7, 11) is 2.07. The molecule has 0 unspecified atom stereocenters. The van der Waals surface area contributed by atoms with Crippen molar-refractivity contribution in [1.29, 1.82) is 0 Å². The van der Waals surface area contributed by atoms with Crippen LogP contribution in [0.5, 0.6) is 0 Å². The summed E-state index contributed by atoms with van der Waals surface area (Å²) in [4.78, 5) is 2.17. The van der Waals surface area contributed by atoms with Gasteiger partial charge in [0, 0.05) is 13.6 Å². The van der Waals surface area contributed by atoms with E-state index in [1.54, 1.807) is 0 Å². The molecule has 17 heavy (non-hydrogen) atoms. The molecule has 0 spiro atoms. The molecule has 1 fully saturated rings. The predicted octanol–water partition coefficient (Wildman–Crippen LogP) is 1.99. The summed E-state index contributed by atoms with van der Waals surface area (Å²) in [6.45, 7) is 1.02. The van der Waals surface area contributed by atoms with Gasteiger partial charge in [0.2, 0.25) is 0 Å². The first-order chi connectivity index (χ1) is 8.29. The zero-order valence-corrected chi connectivity index (χ0v) is 10.5. The molecular weight excluding hydrogens is 214 g/mol. The molecule has 1 aliphatic carbocycles. The number of nitrogens with zero attached hydrogens (tertiary/aromatic N) is 3. The number of aliphatic hydroxyl groups is 1. The van der Waals surface area contributed by atoms with E-state index in [0.717, 1.165) is 18.3 Å². The third-order valence-corrected chi connectivity index (χ3v) is 3.52. The molecule has 0 aliphatic heterocycles. The Kier molecular flexibility index (Phi) is 4.31. The molecule has 94 valence electrons. The van der Waals surface area contributed by atoms with Crippen LogP contribution in [0.15, 0.2) is 12.1 Å². The topological polar surface area (TPSA) is 49.2 Å². The monoisotopic (exact) mass is 235 g/mol. The molecule has 1 heterocycles. The predicted molar refractivity (Wildman–Crippen MR) is 67.8 cm³/mol. The first-order valence-electron chi connectivity index (χ1n) is 6.44. The van der Waals surface area contributed by atoms with Gasteiger partial charge in [0.15, 0.2) is 5.82 Å². The third kappa shape index (κ3) is 3.40. The van der Waals surface area contributed by atoms with Crippen LogP contribution in [-0.2, 0) is 6.61 Å². The van der Waals surface area contributed by atoms with Gasteiger partial charge in [0.05, 0.1) is 12.3 Å². The second-order valence-electron chi connectivity index (χ2n) is 4.93. The van der Waals surface area contributed by atoms with Crippen LogP contribution in [0.25, 0.3) is 0 Å².